The van der Waals surface area contributed by atoms with Crippen molar-refractivity contribution in [1.29, 1.82) is 0 Å². The number of ether oxygens (including phenoxy) is 3. The molecule has 0 unspecified atom stereocenters. The molecule has 1 heterocycles. The number of hydrogen-bond donors (Lipinski definition) is 2. The maximum absolute atomic E-state index is 14.3. The number of H-pyrrole nitrogens is 1. The minimum absolute atomic E-state index is 0.0980. The Bertz CT molecular complexity index is 2060. The molecule has 0 spiro atoms. The van der Waals surface area contributed by atoms with E-state index in [4.69, 9.17) is 22.8 Å². The molecule has 0 radical (unpaired) electrons. The lowest BCUT2D eigenvalue weighted by Gasteiger charge is -2.37. The van der Waals surface area contributed by atoms with Gasteiger partial charge in [-0.2, -0.15) is 21.6 Å². The van der Waals surface area contributed by atoms with Crippen molar-refractivity contribution in [3.63, 3.8) is 0 Å². The molecular weight excluding hydrogens is 706 g/mol. The topological polar surface area (TPSA) is 125 Å². The van der Waals surface area contributed by atoms with Crippen LogP contribution in [-0.4, -0.2) is 67.1 Å². The Morgan fingerprint density at radius 2 is 1.63 bits per heavy atom. The van der Waals surface area contributed by atoms with Crippen LogP contribution in [0.15, 0.2) is 48.7 Å². The molecule has 2 N–H and O–H groups in total. The van der Waals surface area contributed by atoms with Crippen molar-refractivity contribution < 1.29 is 49.2 Å². The first-order valence-electron chi connectivity index (χ1n) is 16.3. The highest BCUT2D eigenvalue weighted by Crippen LogP contribution is 2.49. The minimum atomic E-state index is -6.12. The maximum atomic E-state index is 14.3. The van der Waals surface area contributed by atoms with E-state index in [1.807, 2.05) is 30.5 Å². The van der Waals surface area contributed by atoms with E-state index in [0.717, 1.165) is 22.0 Å². The summed E-state index contributed by atoms with van der Waals surface area (Å²) in [7, 11) is -4.05. The molecule has 0 saturated carbocycles. The molecular formula is C36H43F3N2O8SSi. The van der Waals surface area contributed by atoms with Gasteiger partial charge in [-0.15, -0.1) is 0 Å². The Kier molecular flexibility index (Phi) is 10.5. The third-order valence-corrected chi connectivity index (χ3v) is 15.2. The average molecular weight is 749 g/mol. The van der Waals surface area contributed by atoms with Gasteiger partial charge in [-0.25, -0.2) is 0 Å². The van der Waals surface area contributed by atoms with Crippen molar-refractivity contribution in [1.82, 2.24) is 10.3 Å². The van der Waals surface area contributed by atoms with Gasteiger partial charge in [0.25, 0.3) is 5.91 Å². The van der Waals surface area contributed by atoms with Gasteiger partial charge in [0.05, 0.1) is 39.5 Å². The number of benzene rings is 3. The van der Waals surface area contributed by atoms with E-state index in [9.17, 15) is 26.4 Å². The molecule has 0 fully saturated rings. The van der Waals surface area contributed by atoms with E-state index in [2.05, 4.69) is 44.2 Å². The molecule has 10 nitrogen and oxygen atoms in total. The van der Waals surface area contributed by atoms with Crippen LogP contribution in [0.3, 0.4) is 0 Å². The quantitative estimate of drug-likeness (QED) is 0.0865. The number of hydrogen-bond acceptors (Lipinski definition) is 8. The lowest BCUT2D eigenvalue weighted by atomic mass is 9.83. The molecule has 1 aliphatic rings. The normalized spacial score (nSPS) is 14.0. The number of fused-ring (bicyclic) bond motifs is 4. The zero-order valence-electron chi connectivity index (χ0n) is 29.8. The summed E-state index contributed by atoms with van der Waals surface area (Å²) in [5.41, 5.74) is -2.09. The first-order valence-corrected chi connectivity index (χ1v) is 20.6. The SMILES string of the molecule is COc1cc2c(c(OC)c1OC)CCc1cc(OS(=O)(=O)C(F)(F)F)c(C(=O)N[C@@H](CO[Si](C)(C)C(C)(C)C)Cc3c[nH]c4ccccc34)cc1-2. The van der Waals surface area contributed by atoms with Crippen LogP contribution in [0.25, 0.3) is 22.0 Å². The number of nitrogens with one attached hydrogen (secondary N) is 2. The number of para-hydroxylation sites is 1. The summed E-state index contributed by atoms with van der Waals surface area (Å²) in [6.07, 6.45) is 2.80. The molecule has 15 heteroatoms. The lowest BCUT2D eigenvalue weighted by molar-refractivity contribution is -0.0500. The fraction of sp³-hybridized carbons (Fsp3) is 0.417. The van der Waals surface area contributed by atoms with Gasteiger partial charge < -0.3 is 33.1 Å². The van der Waals surface area contributed by atoms with Crippen LogP contribution < -0.4 is 23.7 Å². The lowest BCUT2D eigenvalue weighted by Crippen LogP contribution is -2.47. The third kappa shape index (κ3) is 7.56. The Hall–Kier alpha value is -4.21. The fourth-order valence-electron chi connectivity index (χ4n) is 5.96. The van der Waals surface area contributed by atoms with Gasteiger partial charge in [0.2, 0.25) is 5.75 Å². The third-order valence-electron chi connectivity index (χ3n) is 9.73. The molecule has 1 aliphatic carbocycles. The molecule has 5 rings (SSSR count). The highest BCUT2D eigenvalue weighted by atomic mass is 32.2. The molecule has 0 saturated heterocycles. The number of methoxy groups -OCH3 is 3. The van der Waals surface area contributed by atoms with E-state index in [0.29, 0.717) is 46.8 Å². The van der Waals surface area contributed by atoms with E-state index in [-0.39, 0.29) is 18.1 Å². The number of aryl methyl sites for hydroxylation is 1. The van der Waals surface area contributed by atoms with Gasteiger partial charge in [-0.05, 0) is 83.9 Å². The van der Waals surface area contributed by atoms with Crippen LogP contribution >= 0.6 is 0 Å². The molecule has 51 heavy (non-hydrogen) atoms. The number of rotatable bonds is 12. The highest BCUT2D eigenvalue weighted by Gasteiger charge is 2.49. The second kappa shape index (κ2) is 14.1. The van der Waals surface area contributed by atoms with Gasteiger partial charge >= 0.3 is 15.6 Å². The average Bonchev–Trinajstić information content (AvgIpc) is 3.46. The summed E-state index contributed by atoms with van der Waals surface area (Å²) in [6.45, 7) is 10.5. The van der Waals surface area contributed by atoms with Crippen molar-refractivity contribution in [2.75, 3.05) is 27.9 Å². The molecule has 1 aromatic heterocycles. The number of carbonyl (C=O) groups is 1. The van der Waals surface area contributed by atoms with Gasteiger partial charge in [0, 0.05) is 22.7 Å². The predicted molar refractivity (Wildman–Crippen MR) is 191 cm³/mol. The maximum Gasteiger partial charge on any atom is 0.534 e. The van der Waals surface area contributed by atoms with Gasteiger partial charge in [0.15, 0.2) is 25.6 Å². The van der Waals surface area contributed by atoms with Crippen molar-refractivity contribution in [2.24, 2.45) is 0 Å². The summed E-state index contributed by atoms with van der Waals surface area (Å²) >= 11 is 0. The summed E-state index contributed by atoms with van der Waals surface area (Å²) in [6, 6.07) is 11.2. The summed E-state index contributed by atoms with van der Waals surface area (Å²) in [5.74, 6) is -0.485. The number of amides is 1. The van der Waals surface area contributed by atoms with Crippen molar-refractivity contribution in [3.05, 3.63) is 70.9 Å². The van der Waals surface area contributed by atoms with Crippen LogP contribution in [0.2, 0.25) is 18.1 Å². The van der Waals surface area contributed by atoms with Crippen molar-refractivity contribution in [2.45, 2.75) is 69.7 Å². The summed E-state index contributed by atoms with van der Waals surface area (Å²) in [5, 5.41) is 3.73. The second-order valence-corrected chi connectivity index (χ2v) is 20.3. The molecule has 0 bridgehead atoms. The minimum Gasteiger partial charge on any atom is -0.493 e. The predicted octanol–water partition coefficient (Wildman–Crippen LogP) is 7.55. The molecule has 3 aromatic carbocycles. The van der Waals surface area contributed by atoms with Crippen molar-refractivity contribution >= 4 is 35.2 Å². The zero-order chi connectivity index (χ0) is 37.5. The number of aromatic amines is 1. The molecule has 276 valence electrons. The van der Waals surface area contributed by atoms with Gasteiger partial charge in [0.1, 0.15) is 0 Å². The molecule has 1 atom stereocenters. The van der Waals surface area contributed by atoms with Gasteiger partial charge in [-0.1, -0.05) is 39.0 Å². The second-order valence-electron chi connectivity index (χ2n) is 14.0. The Morgan fingerprint density at radius 3 is 2.25 bits per heavy atom. The first kappa shape index (κ1) is 38.0. The van der Waals surface area contributed by atoms with E-state index in [1.54, 1.807) is 6.07 Å². The molecule has 4 aromatic rings. The van der Waals surface area contributed by atoms with Crippen LogP contribution in [-0.2, 0) is 33.8 Å². The first-order chi connectivity index (χ1) is 23.8. The zero-order valence-corrected chi connectivity index (χ0v) is 31.6. The molecule has 1 amide bonds. The number of alkyl halides is 3. The monoisotopic (exact) mass is 748 g/mol. The number of carbonyl (C=O) groups excluding carboxylic acids is 1. The van der Waals surface area contributed by atoms with E-state index < -0.39 is 47.2 Å². The summed E-state index contributed by atoms with van der Waals surface area (Å²) < 4.78 is 93.5. The fourth-order valence-corrected chi connectivity index (χ4v) is 7.48. The highest BCUT2D eigenvalue weighted by molar-refractivity contribution is 7.88. The molecule has 0 aliphatic heterocycles. The van der Waals surface area contributed by atoms with Crippen LogP contribution in [0.4, 0.5) is 13.2 Å². The number of halogens is 3. The Labute approximate surface area is 296 Å². The summed E-state index contributed by atoms with van der Waals surface area (Å²) in [4.78, 5) is 17.5. The van der Waals surface area contributed by atoms with E-state index >= 15 is 0 Å². The Balaban J connectivity index is 1.62. The standard InChI is InChI=1S/C36H43F3N2O8SSi/c1-35(2,3)51(7,8)48-20-23(15-22-19-40-29-12-10-9-11-24(22)29)41-34(42)28-17-26-21(16-30(28)49-50(43,44)36(37,38)39)13-14-25-27(26)18-31(45-4)33(47-6)32(25)46-5/h9-12,16-19,23,40H,13-15,20H2,1-8H3,(H,41,42)/t23-/m1/s1. The van der Waals surface area contributed by atoms with E-state index in [1.165, 1.54) is 33.5 Å². The van der Waals surface area contributed by atoms with Crippen molar-refractivity contribution in [3.8, 4) is 34.1 Å². The Morgan fingerprint density at radius 1 is 0.941 bits per heavy atom. The van der Waals surface area contributed by atoms with Crippen LogP contribution in [0, 0.1) is 0 Å². The number of aromatic nitrogens is 1. The largest absolute Gasteiger partial charge is 0.534 e. The van der Waals surface area contributed by atoms with Crippen LogP contribution in [0.5, 0.6) is 23.0 Å². The van der Waals surface area contributed by atoms with Gasteiger partial charge in [-0.3, -0.25) is 4.79 Å². The smallest absolute Gasteiger partial charge is 0.493 e. The van der Waals surface area contributed by atoms with Crippen LogP contribution in [0.1, 0.15) is 47.8 Å².